The summed E-state index contributed by atoms with van der Waals surface area (Å²) in [5.41, 5.74) is 0. The molecule has 0 amide bonds. The van der Waals surface area contributed by atoms with E-state index in [2.05, 4.69) is 19.7 Å². The van der Waals surface area contributed by atoms with E-state index in [-0.39, 0.29) is 0 Å². The molecule has 0 spiro atoms. The van der Waals surface area contributed by atoms with Crippen molar-refractivity contribution in [2.75, 3.05) is 0 Å². The molecule has 24 valence electrons. The fraction of sp³-hybridized carbons (Fsp3) is 0. The highest BCUT2D eigenvalue weighted by Gasteiger charge is 1.58. The molecule has 0 bridgehead atoms. The van der Waals surface area contributed by atoms with E-state index in [1.807, 2.05) is 7.85 Å². The molecule has 0 aliphatic heterocycles. The first-order valence-corrected chi connectivity index (χ1v) is 2.03. The minimum Gasteiger partial charge on any atom is -0.141 e. The molecule has 0 aliphatic rings. The van der Waals surface area contributed by atoms with Gasteiger partial charge in [0.1, 0.15) is 15.0 Å². The van der Waals surface area contributed by atoms with Crippen molar-refractivity contribution in [3.63, 3.8) is 0 Å². The van der Waals surface area contributed by atoms with E-state index >= 15 is 0 Å². The molecule has 5 heavy (non-hydrogen) atoms. The van der Waals surface area contributed by atoms with Crippen molar-refractivity contribution in [3.8, 4) is 0 Å². The molecule has 0 nitrogen and oxygen atoms in total. The first kappa shape index (κ1) is 4.93. The van der Waals surface area contributed by atoms with E-state index in [9.17, 15) is 0 Å². The van der Waals surface area contributed by atoms with Gasteiger partial charge in [0.05, 0.1) is 7.74 Å². The Morgan fingerprint density at radius 3 is 2.20 bits per heavy atom. The monoisotopic (exact) mass is 64.1 g/mol. The number of rotatable bonds is 1. The Bertz CT molecular complexity index is 31.9. The summed E-state index contributed by atoms with van der Waals surface area (Å²) in [5, 5.41) is 0. The van der Waals surface area contributed by atoms with Gasteiger partial charge in [0.15, 0.2) is 0 Å². The minimum atomic E-state index is 1.16. The van der Waals surface area contributed by atoms with Crippen LogP contribution >= 0.6 is 0 Å². The molecular formula is C2H7B3. The van der Waals surface area contributed by atoms with E-state index in [0.29, 0.717) is 0 Å². The fourth-order valence-corrected chi connectivity index (χ4v) is 0.236. The van der Waals surface area contributed by atoms with Crippen LogP contribution in [-0.2, 0) is 0 Å². The lowest BCUT2D eigenvalue weighted by Crippen LogP contribution is -1.77. The maximum Gasteiger partial charge on any atom is 0.128 e. The highest BCUT2D eigenvalue weighted by atomic mass is 13.2. The molecule has 0 radical (unpaired) electrons. The zero-order valence-corrected chi connectivity index (χ0v) is 3.86. The molecule has 0 heterocycles. The van der Waals surface area contributed by atoms with E-state index in [1.54, 1.807) is 0 Å². The van der Waals surface area contributed by atoms with Crippen molar-refractivity contribution in [2.24, 2.45) is 0 Å². The van der Waals surface area contributed by atoms with Crippen molar-refractivity contribution in [1.82, 2.24) is 0 Å². The lowest BCUT2D eigenvalue weighted by atomic mass is 9.55. The Morgan fingerprint density at radius 2 is 2.20 bits per heavy atom. The third kappa shape index (κ3) is 3.93. The smallest absolute Gasteiger partial charge is 0.128 e. The SMILES string of the molecule is BB/C=C\B. The first-order chi connectivity index (χ1) is 2.41. The molecule has 0 aromatic carbocycles. The van der Waals surface area contributed by atoms with Crippen molar-refractivity contribution in [2.45, 2.75) is 0 Å². The van der Waals surface area contributed by atoms with Gasteiger partial charge in [0.2, 0.25) is 0 Å². The third-order valence-electron chi connectivity index (χ3n) is 0.471. The quantitative estimate of drug-likeness (QED) is 0.311. The van der Waals surface area contributed by atoms with Gasteiger partial charge in [-0.1, -0.05) is 0 Å². The van der Waals surface area contributed by atoms with E-state index in [4.69, 9.17) is 0 Å². The summed E-state index contributed by atoms with van der Waals surface area (Å²) in [4.78, 5) is 0. The van der Waals surface area contributed by atoms with Gasteiger partial charge in [-0.15, -0.1) is 12.0 Å². The summed E-state index contributed by atoms with van der Waals surface area (Å²) in [6, 6.07) is 0. The van der Waals surface area contributed by atoms with E-state index < -0.39 is 0 Å². The Morgan fingerprint density at radius 1 is 1.60 bits per heavy atom. The van der Waals surface area contributed by atoms with Gasteiger partial charge in [-0.05, 0) is 0 Å². The zero-order chi connectivity index (χ0) is 4.12. The largest absolute Gasteiger partial charge is 0.141 e. The Kier molecular flexibility index (Phi) is 3.88. The maximum atomic E-state index is 2.12. The second kappa shape index (κ2) is 3.93. The molecule has 0 saturated heterocycles. The summed E-state index contributed by atoms with van der Waals surface area (Å²) in [5.74, 6) is 4.18. The Hall–Kier alpha value is -0.0652. The molecule has 0 rings (SSSR count). The van der Waals surface area contributed by atoms with Crippen molar-refractivity contribution in [3.05, 3.63) is 12.0 Å². The van der Waals surface area contributed by atoms with Crippen LogP contribution in [0.5, 0.6) is 0 Å². The molecule has 0 aromatic heterocycles. The summed E-state index contributed by atoms with van der Waals surface area (Å²) in [7, 11) is 5.32. The Balaban J connectivity index is 2.62. The van der Waals surface area contributed by atoms with Gasteiger partial charge in [0.25, 0.3) is 0 Å². The molecule has 0 aliphatic carbocycles. The van der Waals surface area contributed by atoms with Crippen molar-refractivity contribution in [1.29, 1.82) is 0 Å². The number of hydrogen-bond donors (Lipinski definition) is 0. The van der Waals surface area contributed by atoms with Crippen LogP contribution in [0, 0.1) is 0 Å². The van der Waals surface area contributed by atoms with Crippen LogP contribution in [0.3, 0.4) is 0 Å². The molecular weight excluding hydrogens is 56.5 g/mol. The van der Waals surface area contributed by atoms with Gasteiger partial charge in [0, 0.05) is 0 Å². The second-order valence-electron chi connectivity index (χ2n) is 0.977. The maximum absolute atomic E-state index is 2.12. The summed E-state index contributed by atoms with van der Waals surface area (Å²) in [6.07, 6.45) is 0. The topological polar surface area (TPSA) is 0 Å². The van der Waals surface area contributed by atoms with Crippen LogP contribution in [0.15, 0.2) is 12.0 Å². The van der Waals surface area contributed by atoms with Crippen LogP contribution in [-0.4, -0.2) is 22.8 Å². The van der Waals surface area contributed by atoms with Gasteiger partial charge in [-0.25, -0.2) is 0 Å². The molecule has 0 N–H and O–H groups in total. The predicted molar refractivity (Wildman–Crippen MR) is 33.4 cm³/mol. The van der Waals surface area contributed by atoms with Crippen LogP contribution < -0.4 is 0 Å². The average Bonchev–Trinajstić information content (AvgIpc) is 1.41. The average molecular weight is 63.5 g/mol. The van der Waals surface area contributed by atoms with Gasteiger partial charge in [-0.3, -0.25) is 0 Å². The summed E-state index contributed by atoms with van der Waals surface area (Å²) < 4.78 is 0. The molecule has 0 fully saturated rings. The summed E-state index contributed by atoms with van der Waals surface area (Å²) >= 11 is 0. The zero-order valence-electron chi connectivity index (χ0n) is 3.86. The molecule has 0 aromatic rings. The van der Waals surface area contributed by atoms with Gasteiger partial charge < -0.3 is 0 Å². The molecule has 0 atom stereocenters. The standard InChI is InChI=1S/C2H7B3/c3-1-2-5-4/h1-2,5H,3-4H2/b2-1-. The van der Waals surface area contributed by atoms with Gasteiger partial charge >= 0.3 is 0 Å². The van der Waals surface area contributed by atoms with E-state index in [0.717, 1.165) is 7.17 Å². The van der Waals surface area contributed by atoms with Crippen LogP contribution in [0.25, 0.3) is 0 Å². The Labute approximate surface area is 35.7 Å². The highest BCUT2D eigenvalue weighted by molar-refractivity contribution is 6.92. The van der Waals surface area contributed by atoms with Crippen molar-refractivity contribution >= 4 is 22.8 Å². The van der Waals surface area contributed by atoms with Crippen LogP contribution in [0.2, 0.25) is 0 Å². The molecule has 0 saturated carbocycles. The number of hydrogen-bond acceptors (Lipinski definition) is 0. The molecule has 0 unspecified atom stereocenters. The molecule has 3 heteroatoms. The lowest BCUT2D eigenvalue weighted by Gasteiger charge is -1.60. The fourth-order valence-electron chi connectivity index (χ4n) is 0.236. The van der Waals surface area contributed by atoms with E-state index in [1.165, 1.54) is 0 Å². The van der Waals surface area contributed by atoms with Gasteiger partial charge in [-0.2, -0.15) is 0 Å². The normalized spacial score (nSPS) is 8.80. The summed E-state index contributed by atoms with van der Waals surface area (Å²) in [6.45, 7) is 0. The third-order valence-corrected chi connectivity index (χ3v) is 0.471. The highest BCUT2D eigenvalue weighted by Crippen LogP contribution is 1.51. The lowest BCUT2D eigenvalue weighted by molar-refractivity contribution is 2.48. The van der Waals surface area contributed by atoms with Crippen molar-refractivity contribution < 1.29 is 0 Å². The van der Waals surface area contributed by atoms with Crippen LogP contribution in [0.4, 0.5) is 0 Å². The predicted octanol–water partition coefficient (Wildman–Crippen LogP) is -1.92. The first-order valence-electron chi connectivity index (χ1n) is 2.03. The second-order valence-corrected chi connectivity index (χ2v) is 0.977. The van der Waals surface area contributed by atoms with Crippen LogP contribution in [0.1, 0.15) is 0 Å². The minimum absolute atomic E-state index is 1.16.